The molecule has 88 valence electrons. The molecule has 0 N–H and O–H groups in total. The molecule has 0 aliphatic carbocycles. The number of likely N-dealkylation sites (tertiary alicyclic amines) is 1. The van der Waals surface area contributed by atoms with E-state index < -0.39 is 19.7 Å². The van der Waals surface area contributed by atoms with Crippen LogP contribution in [0.3, 0.4) is 0 Å². The molecule has 0 unspecified atom stereocenters. The minimum Gasteiger partial charge on any atom is -0.341 e. The lowest BCUT2D eigenvalue weighted by Gasteiger charge is -2.32. The number of hydrogen-bond donors (Lipinski definition) is 0. The summed E-state index contributed by atoms with van der Waals surface area (Å²) in [7, 11) is 1.39. The van der Waals surface area contributed by atoms with E-state index in [2.05, 4.69) is 0 Å². The fourth-order valence-electron chi connectivity index (χ4n) is 1.58. The Labute approximate surface area is 95.0 Å². The van der Waals surface area contributed by atoms with Gasteiger partial charge in [-0.3, -0.25) is 4.79 Å². The Morgan fingerprint density at radius 3 is 2.07 bits per heavy atom. The molecule has 0 aromatic rings. The van der Waals surface area contributed by atoms with Crippen molar-refractivity contribution in [2.45, 2.75) is 37.9 Å². The summed E-state index contributed by atoms with van der Waals surface area (Å²) in [4.78, 5) is 13.5. The second kappa shape index (κ2) is 4.29. The molecule has 0 radical (unpaired) electrons. The predicted octanol–water partition coefficient (Wildman–Crippen LogP) is 1.35. The van der Waals surface area contributed by atoms with Crippen LogP contribution in [0.15, 0.2) is 0 Å². The Kier molecular flexibility index (Phi) is 3.66. The Morgan fingerprint density at radius 1 is 1.20 bits per heavy atom. The van der Waals surface area contributed by atoms with E-state index in [9.17, 15) is 13.2 Å². The molecule has 1 saturated heterocycles. The number of halogens is 1. The first-order chi connectivity index (χ1) is 6.77. The van der Waals surface area contributed by atoms with E-state index in [1.165, 1.54) is 13.8 Å². The summed E-state index contributed by atoms with van der Waals surface area (Å²) in [5, 5.41) is 0. The number of piperidine rings is 1. The van der Waals surface area contributed by atoms with Crippen LogP contribution in [0.5, 0.6) is 0 Å². The third-order valence-corrected chi connectivity index (χ3v) is 5.32. The van der Waals surface area contributed by atoms with Gasteiger partial charge in [0.2, 0.25) is 15.0 Å². The zero-order valence-corrected chi connectivity index (χ0v) is 10.6. The maximum absolute atomic E-state index is 11.9. The Hall–Kier alpha value is -0.290. The third-order valence-electron chi connectivity index (χ3n) is 2.77. The predicted molar refractivity (Wildman–Crippen MR) is 59.3 cm³/mol. The highest BCUT2D eigenvalue weighted by Crippen LogP contribution is 2.25. The SMILES string of the molecule is CC(C)(C(=O)N1CCCCC1)S(=O)(=O)Cl. The van der Waals surface area contributed by atoms with Gasteiger partial charge >= 0.3 is 0 Å². The van der Waals surface area contributed by atoms with Crippen molar-refractivity contribution < 1.29 is 13.2 Å². The average molecular weight is 254 g/mol. The van der Waals surface area contributed by atoms with Crippen LogP contribution in [0, 0.1) is 0 Å². The minimum absolute atomic E-state index is 0.391. The lowest BCUT2D eigenvalue weighted by Crippen LogP contribution is -2.50. The molecular weight excluding hydrogens is 238 g/mol. The smallest absolute Gasteiger partial charge is 0.246 e. The van der Waals surface area contributed by atoms with Crippen LogP contribution in [0.1, 0.15) is 33.1 Å². The van der Waals surface area contributed by atoms with Crippen molar-refractivity contribution in [3.8, 4) is 0 Å². The topological polar surface area (TPSA) is 54.5 Å². The van der Waals surface area contributed by atoms with Crippen LogP contribution in [0.25, 0.3) is 0 Å². The van der Waals surface area contributed by atoms with Gasteiger partial charge in [-0.1, -0.05) is 0 Å². The van der Waals surface area contributed by atoms with Crippen LogP contribution in [0.4, 0.5) is 0 Å². The first-order valence-electron chi connectivity index (χ1n) is 5.00. The van der Waals surface area contributed by atoms with E-state index in [-0.39, 0.29) is 0 Å². The van der Waals surface area contributed by atoms with Crippen LogP contribution in [-0.2, 0) is 13.8 Å². The first kappa shape index (κ1) is 12.8. The minimum atomic E-state index is -3.87. The normalized spacial score (nSPS) is 19.0. The van der Waals surface area contributed by atoms with Crippen molar-refractivity contribution in [3.05, 3.63) is 0 Å². The highest BCUT2D eigenvalue weighted by atomic mass is 35.7. The Bertz CT molecular complexity index is 344. The summed E-state index contributed by atoms with van der Waals surface area (Å²) in [5.41, 5.74) is 0. The van der Waals surface area contributed by atoms with Crippen LogP contribution >= 0.6 is 10.7 Å². The van der Waals surface area contributed by atoms with Crippen molar-refractivity contribution in [3.63, 3.8) is 0 Å². The highest BCUT2D eigenvalue weighted by Gasteiger charge is 2.43. The molecule has 1 heterocycles. The largest absolute Gasteiger partial charge is 0.341 e. The molecule has 4 nitrogen and oxygen atoms in total. The summed E-state index contributed by atoms with van der Waals surface area (Å²) in [6.07, 6.45) is 2.96. The van der Waals surface area contributed by atoms with Crippen molar-refractivity contribution in [2.75, 3.05) is 13.1 Å². The molecule has 1 fully saturated rings. The van der Waals surface area contributed by atoms with Gasteiger partial charge in [0.05, 0.1) is 0 Å². The summed E-state index contributed by atoms with van der Waals surface area (Å²) in [6, 6.07) is 0. The highest BCUT2D eigenvalue weighted by molar-refractivity contribution is 8.15. The van der Waals surface area contributed by atoms with E-state index in [0.29, 0.717) is 13.1 Å². The third kappa shape index (κ3) is 2.64. The molecule has 1 aliphatic rings. The molecule has 1 rings (SSSR count). The van der Waals surface area contributed by atoms with Gasteiger partial charge in [0.25, 0.3) is 0 Å². The summed E-state index contributed by atoms with van der Waals surface area (Å²) < 4.78 is 21.0. The molecule has 0 bridgehead atoms. The zero-order chi connectivity index (χ0) is 11.7. The van der Waals surface area contributed by atoms with Gasteiger partial charge < -0.3 is 4.90 Å². The Morgan fingerprint density at radius 2 is 1.67 bits per heavy atom. The zero-order valence-electron chi connectivity index (χ0n) is 8.99. The molecule has 0 spiro atoms. The number of rotatable bonds is 2. The fourth-order valence-corrected chi connectivity index (χ4v) is 2.12. The van der Waals surface area contributed by atoms with Gasteiger partial charge in [-0.05, 0) is 33.1 Å². The van der Waals surface area contributed by atoms with Crippen molar-refractivity contribution >= 4 is 25.6 Å². The number of nitrogens with zero attached hydrogens (tertiary/aromatic N) is 1. The van der Waals surface area contributed by atoms with E-state index in [0.717, 1.165) is 19.3 Å². The molecule has 0 saturated carbocycles. The average Bonchev–Trinajstić information content (AvgIpc) is 2.16. The fraction of sp³-hybridized carbons (Fsp3) is 0.889. The van der Waals surface area contributed by atoms with Crippen LogP contribution < -0.4 is 0 Å². The quantitative estimate of drug-likeness (QED) is 0.698. The second-order valence-electron chi connectivity index (χ2n) is 4.30. The Balaban J connectivity index is 2.83. The second-order valence-corrected chi connectivity index (χ2v) is 7.42. The lowest BCUT2D eigenvalue weighted by atomic mass is 10.1. The molecule has 15 heavy (non-hydrogen) atoms. The van der Waals surface area contributed by atoms with Crippen LogP contribution in [-0.4, -0.2) is 37.1 Å². The van der Waals surface area contributed by atoms with Gasteiger partial charge in [0, 0.05) is 23.8 Å². The first-order valence-corrected chi connectivity index (χ1v) is 7.31. The number of hydrogen-bond acceptors (Lipinski definition) is 3. The summed E-state index contributed by atoms with van der Waals surface area (Å²) >= 11 is 0. The maximum atomic E-state index is 11.9. The van der Waals surface area contributed by atoms with E-state index >= 15 is 0 Å². The maximum Gasteiger partial charge on any atom is 0.246 e. The van der Waals surface area contributed by atoms with Crippen molar-refractivity contribution in [1.29, 1.82) is 0 Å². The standard InChI is InChI=1S/C9H16ClNO3S/c1-9(2,15(10,13)14)8(12)11-6-4-3-5-7-11/h3-7H2,1-2H3. The molecule has 1 amide bonds. The van der Waals surface area contributed by atoms with Crippen molar-refractivity contribution in [1.82, 2.24) is 4.90 Å². The van der Waals surface area contributed by atoms with Gasteiger partial charge in [-0.15, -0.1) is 0 Å². The van der Waals surface area contributed by atoms with Gasteiger partial charge in [0.1, 0.15) is 0 Å². The molecule has 1 aliphatic heterocycles. The monoisotopic (exact) mass is 253 g/mol. The number of carbonyl (C=O) groups is 1. The van der Waals surface area contributed by atoms with Gasteiger partial charge in [-0.2, -0.15) is 0 Å². The summed E-state index contributed by atoms with van der Waals surface area (Å²) in [5.74, 6) is -0.391. The molecule has 6 heteroatoms. The van der Waals surface area contributed by atoms with Crippen LogP contribution in [0.2, 0.25) is 0 Å². The molecule has 0 atom stereocenters. The van der Waals surface area contributed by atoms with Gasteiger partial charge in [0.15, 0.2) is 4.75 Å². The van der Waals surface area contributed by atoms with Gasteiger partial charge in [-0.25, -0.2) is 8.42 Å². The lowest BCUT2D eigenvalue weighted by molar-refractivity contribution is -0.134. The summed E-state index contributed by atoms with van der Waals surface area (Å²) in [6.45, 7) is 3.97. The molecule has 0 aromatic heterocycles. The van der Waals surface area contributed by atoms with E-state index in [4.69, 9.17) is 10.7 Å². The molecular formula is C9H16ClNO3S. The van der Waals surface area contributed by atoms with E-state index in [1.807, 2.05) is 0 Å². The molecule has 0 aromatic carbocycles. The number of amides is 1. The number of carbonyl (C=O) groups excluding carboxylic acids is 1. The van der Waals surface area contributed by atoms with E-state index in [1.54, 1.807) is 4.90 Å². The van der Waals surface area contributed by atoms with Crippen molar-refractivity contribution in [2.24, 2.45) is 0 Å².